The Hall–Kier alpha value is -1.17. The molecule has 2 atom stereocenters. The van der Waals surface area contributed by atoms with Gasteiger partial charge >= 0.3 is 0 Å². The van der Waals surface area contributed by atoms with Gasteiger partial charge in [0.25, 0.3) is 0 Å². The number of aliphatic hydroxyl groups is 3. The van der Waals surface area contributed by atoms with Crippen LogP contribution in [0, 0.1) is 0 Å². The van der Waals surface area contributed by atoms with Crippen LogP contribution in [0.2, 0.25) is 0 Å². The van der Waals surface area contributed by atoms with Gasteiger partial charge in [0.05, 0.1) is 18.8 Å². The molecule has 2 unspecified atom stereocenters. The Kier molecular flexibility index (Phi) is 3.61. The Balaban J connectivity index is 2.26. The molecule has 94 valence electrons. The van der Waals surface area contributed by atoms with Crippen molar-refractivity contribution < 1.29 is 15.3 Å². The average Bonchev–Trinajstić information content (AvgIpc) is 2.69. The molecule has 0 radical (unpaired) electrons. The van der Waals surface area contributed by atoms with Crippen molar-refractivity contribution in [3.63, 3.8) is 0 Å². The number of rotatable bonds is 3. The summed E-state index contributed by atoms with van der Waals surface area (Å²) in [6.07, 6.45) is -0.654. The van der Waals surface area contributed by atoms with E-state index in [0.717, 1.165) is 17.7 Å². The predicted octanol–water partition coefficient (Wildman–Crippen LogP) is -0.322. The zero-order valence-corrected chi connectivity index (χ0v) is 9.87. The fourth-order valence-corrected chi connectivity index (χ4v) is 2.02. The molecule has 2 heterocycles. The number of nitrogens with zero attached hydrogens (tertiary/aromatic N) is 2. The summed E-state index contributed by atoms with van der Waals surface area (Å²) in [6, 6.07) is 3.66. The fourth-order valence-electron chi connectivity index (χ4n) is 2.02. The molecule has 0 aliphatic carbocycles. The molecule has 0 spiro atoms. The fraction of sp³-hybridized carbons (Fsp3) is 0.583. The van der Waals surface area contributed by atoms with Crippen molar-refractivity contribution in [1.82, 2.24) is 4.98 Å². The zero-order chi connectivity index (χ0) is 12.4. The van der Waals surface area contributed by atoms with E-state index in [2.05, 4.69) is 4.98 Å². The first kappa shape index (κ1) is 12.3. The van der Waals surface area contributed by atoms with Gasteiger partial charge in [-0.05, 0) is 24.1 Å². The van der Waals surface area contributed by atoms with Gasteiger partial charge in [0.1, 0.15) is 5.82 Å². The second kappa shape index (κ2) is 5.00. The van der Waals surface area contributed by atoms with Crippen LogP contribution in [0.1, 0.15) is 18.2 Å². The van der Waals surface area contributed by atoms with Gasteiger partial charge in [-0.25, -0.2) is 4.98 Å². The summed E-state index contributed by atoms with van der Waals surface area (Å²) in [5, 5.41) is 28.2. The maximum absolute atomic E-state index is 9.51. The van der Waals surface area contributed by atoms with Crippen molar-refractivity contribution in [3.8, 4) is 0 Å². The third kappa shape index (κ3) is 2.57. The number of anilines is 1. The minimum absolute atomic E-state index is 0.0263. The molecule has 1 aliphatic rings. The van der Waals surface area contributed by atoms with Crippen LogP contribution in [0.5, 0.6) is 0 Å². The summed E-state index contributed by atoms with van der Waals surface area (Å²) in [5.74, 6) is 0.712. The first-order valence-electron chi connectivity index (χ1n) is 5.85. The van der Waals surface area contributed by atoms with Gasteiger partial charge in [-0.3, -0.25) is 0 Å². The molecular weight excluding hydrogens is 220 g/mol. The topological polar surface area (TPSA) is 76.8 Å². The Morgan fingerprint density at radius 1 is 1.29 bits per heavy atom. The molecule has 0 saturated carbocycles. The zero-order valence-electron chi connectivity index (χ0n) is 9.87. The quantitative estimate of drug-likeness (QED) is 0.672. The second-order valence-corrected chi connectivity index (χ2v) is 4.38. The van der Waals surface area contributed by atoms with Gasteiger partial charge in [-0.15, -0.1) is 0 Å². The number of aromatic nitrogens is 1. The maximum atomic E-state index is 9.51. The largest absolute Gasteiger partial charge is 0.392 e. The molecule has 1 saturated heterocycles. The SMILES string of the molecule is CCc1cc(CO)cc(N2CC(O)C(O)C2)n1. The van der Waals surface area contributed by atoms with E-state index < -0.39 is 12.2 Å². The van der Waals surface area contributed by atoms with Crippen molar-refractivity contribution >= 4 is 5.82 Å². The number of pyridine rings is 1. The molecule has 1 aromatic heterocycles. The molecule has 5 heteroatoms. The minimum atomic E-state index is -0.723. The second-order valence-electron chi connectivity index (χ2n) is 4.38. The van der Waals surface area contributed by atoms with Gasteiger partial charge in [-0.2, -0.15) is 0 Å². The molecule has 2 rings (SSSR count). The number of β-amino-alcohol motifs (C(OH)–C–C–N with tert-alkyl or cyclic N) is 2. The molecule has 0 aromatic carbocycles. The van der Waals surface area contributed by atoms with Gasteiger partial charge in [0.2, 0.25) is 0 Å². The average molecular weight is 238 g/mol. The summed E-state index contributed by atoms with van der Waals surface area (Å²) in [4.78, 5) is 6.28. The van der Waals surface area contributed by atoms with Gasteiger partial charge < -0.3 is 20.2 Å². The highest BCUT2D eigenvalue weighted by Crippen LogP contribution is 2.21. The van der Waals surface area contributed by atoms with E-state index in [1.165, 1.54) is 0 Å². The van der Waals surface area contributed by atoms with Crippen LogP contribution in [0.25, 0.3) is 0 Å². The third-order valence-corrected chi connectivity index (χ3v) is 3.05. The molecule has 0 bridgehead atoms. The highest BCUT2D eigenvalue weighted by molar-refractivity contribution is 5.44. The first-order chi connectivity index (χ1) is 8.13. The molecule has 1 aliphatic heterocycles. The summed E-state index contributed by atoms with van der Waals surface area (Å²) in [6.45, 7) is 2.74. The summed E-state index contributed by atoms with van der Waals surface area (Å²) in [7, 11) is 0. The normalized spacial score (nSPS) is 24.4. The van der Waals surface area contributed by atoms with E-state index in [0.29, 0.717) is 18.9 Å². The van der Waals surface area contributed by atoms with Crippen LogP contribution in [-0.2, 0) is 13.0 Å². The standard InChI is InChI=1S/C12H18N2O3/c1-2-9-3-8(7-15)4-12(13-9)14-5-10(16)11(17)6-14/h3-4,10-11,15-17H,2,5-7H2,1H3. The summed E-state index contributed by atoms with van der Waals surface area (Å²) >= 11 is 0. The van der Waals surface area contributed by atoms with E-state index in [-0.39, 0.29) is 6.61 Å². The lowest BCUT2D eigenvalue weighted by atomic mass is 10.2. The molecule has 3 N–H and O–H groups in total. The van der Waals surface area contributed by atoms with E-state index in [9.17, 15) is 15.3 Å². The first-order valence-corrected chi connectivity index (χ1v) is 5.85. The highest BCUT2D eigenvalue weighted by Gasteiger charge is 2.30. The lowest BCUT2D eigenvalue weighted by Gasteiger charge is -2.18. The van der Waals surface area contributed by atoms with E-state index >= 15 is 0 Å². The molecule has 1 aromatic rings. The van der Waals surface area contributed by atoms with Gasteiger partial charge in [-0.1, -0.05) is 6.92 Å². The third-order valence-electron chi connectivity index (χ3n) is 3.05. The molecule has 5 nitrogen and oxygen atoms in total. The molecule has 17 heavy (non-hydrogen) atoms. The lowest BCUT2D eigenvalue weighted by Crippen LogP contribution is -2.22. The number of hydrogen-bond acceptors (Lipinski definition) is 5. The van der Waals surface area contributed by atoms with E-state index in [1.54, 1.807) is 6.07 Å². The summed E-state index contributed by atoms with van der Waals surface area (Å²) < 4.78 is 0. The number of aliphatic hydroxyl groups excluding tert-OH is 3. The van der Waals surface area contributed by atoms with Crippen LogP contribution in [0.4, 0.5) is 5.82 Å². The Bertz CT molecular complexity index is 365. The van der Waals surface area contributed by atoms with E-state index in [4.69, 9.17) is 0 Å². The van der Waals surface area contributed by atoms with Crippen molar-refractivity contribution in [2.24, 2.45) is 0 Å². The molecule has 1 fully saturated rings. The van der Waals surface area contributed by atoms with Crippen molar-refractivity contribution in [2.75, 3.05) is 18.0 Å². The Labute approximate surface area is 100 Å². The highest BCUT2D eigenvalue weighted by atomic mass is 16.3. The van der Waals surface area contributed by atoms with Gasteiger partial charge in [0, 0.05) is 18.8 Å². The van der Waals surface area contributed by atoms with Crippen LogP contribution >= 0.6 is 0 Å². The van der Waals surface area contributed by atoms with Crippen molar-refractivity contribution in [2.45, 2.75) is 32.2 Å². The molecular formula is C12H18N2O3. The van der Waals surface area contributed by atoms with Crippen molar-refractivity contribution in [1.29, 1.82) is 0 Å². The lowest BCUT2D eigenvalue weighted by molar-refractivity contribution is 0.0572. The maximum Gasteiger partial charge on any atom is 0.129 e. The monoisotopic (exact) mass is 238 g/mol. The number of aryl methyl sites for hydroxylation is 1. The van der Waals surface area contributed by atoms with Crippen LogP contribution in [-0.4, -0.2) is 45.6 Å². The smallest absolute Gasteiger partial charge is 0.129 e. The Morgan fingerprint density at radius 3 is 2.47 bits per heavy atom. The number of hydrogen-bond donors (Lipinski definition) is 3. The van der Waals surface area contributed by atoms with Crippen molar-refractivity contribution in [3.05, 3.63) is 23.4 Å². The van der Waals surface area contributed by atoms with Crippen LogP contribution in [0.3, 0.4) is 0 Å². The van der Waals surface area contributed by atoms with E-state index in [1.807, 2.05) is 17.9 Å². The van der Waals surface area contributed by atoms with Gasteiger partial charge in [0.15, 0.2) is 0 Å². The minimum Gasteiger partial charge on any atom is -0.392 e. The summed E-state index contributed by atoms with van der Waals surface area (Å²) in [5.41, 5.74) is 1.71. The predicted molar refractivity (Wildman–Crippen MR) is 63.8 cm³/mol. The Morgan fingerprint density at radius 2 is 1.94 bits per heavy atom. The molecule has 0 amide bonds. The van der Waals surface area contributed by atoms with Crippen LogP contribution in [0.15, 0.2) is 12.1 Å². The van der Waals surface area contributed by atoms with Crippen LogP contribution < -0.4 is 4.90 Å².